The Morgan fingerprint density at radius 2 is 2.35 bits per heavy atom. The standard InChI is InChI=1S/C14H18N2S/c1-10-16-13-9-11(5-6-14(13)17-10)8-12-4-2-3-7-15-12/h5-6,9,12,15H,2-4,7-8H2,1H3. The van der Waals surface area contributed by atoms with Gasteiger partial charge in [0.2, 0.25) is 0 Å². The van der Waals surface area contributed by atoms with Crippen molar-refractivity contribution in [1.82, 2.24) is 10.3 Å². The van der Waals surface area contributed by atoms with Crippen LogP contribution in [0.4, 0.5) is 0 Å². The minimum Gasteiger partial charge on any atom is -0.314 e. The van der Waals surface area contributed by atoms with Crippen LogP contribution in [-0.4, -0.2) is 17.6 Å². The van der Waals surface area contributed by atoms with Gasteiger partial charge in [-0.2, -0.15) is 0 Å². The van der Waals surface area contributed by atoms with E-state index in [9.17, 15) is 0 Å². The SMILES string of the molecule is Cc1nc2cc(CC3CCCCN3)ccc2s1. The Labute approximate surface area is 106 Å². The van der Waals surface area contributed by atoms with Gasteiger partial charge in [0.1, 0.15) is 0 Å². The van der Waals surface area contributed by atoms with E-state index in [1.54, 1.807) is 11.3 Å². The number of fused-ring (bicyclic) bond motifs is 1. The molecule has 0 amide bonds. The predicted octanol–water partition coefficient (Wildman–Crippen LogP) is 3.29. The summed E-state index contributed by atoms with van der Waals surface area (Å²) >= 11 is 1.78. The lowest BCUT2D eigenvalue weighted by Crippen LogP contribution is -2.35. The summed E-state index contributed by atoms with van der Waals surface area (Å²) in [5.74, 6) is 0. The van der Waals surface area contributed by atoms with Gasteiger partial charge in [-0.25, -0.2) is 4.98 Å². The Balaban J connectivity index is 1.79. The van der Waals surface area contributed by atoms with Crippen LogP contribution in [0.3, 0.4) is 0 Å². The number of piperidine rings is 1. The van der Waals surface area contributed by atoms with E-state index >= 15 is 0 Å². The summed E-state index contributed by atoms with van der Waals surface area (Å²) in [7, 11) is 0. The first kappa shape index (κ1) is 11.2. The van der Waals surface area contributed by atoms with Gasteiger partial charge in [0.25, 0.3) is 0 Å². The lowest BCUT2D eigenvalue weighted by molar-refractivity contribution is 0.399. The van der Waals surface area contributed by atoms with Crippen LogP contribution < -0.4 is 5.32 Å². The van der Waals surface area contributed by atoms with Gasteiger partial charge in [-0.15, -0.1) is 11.3 Å². The molecular weight excluding hydrogens is 228 g/mol. The zero-order chi connectivity index (χ0) is 11.7. The monoisotopic (exact) mass is 246 g/mol. The molecule has 1 aromatic carbocycles. The van der Waals surface area contributed by atoms with Gasteiger partial charge in [0, 0.05) is 6.04 Å². The third kappa shape index (κ3) is 2.50. The molecule has 0 radical (unpaired) electrons. The number of nitrogens with zero attached hydrogens (tertiary/aromatic N) is 1. The number of hydrogen-bond donors (Lipinski definition) is 1. The Morgan fingerprint density at radius 1 is 1.41 bits per heavy atom. The highest BCUT2D eigenvalue weighted by molar-refractivity contribution is 7.18. The first-order chi connectivity index (χ1) is 8.31. The Bertz CT molecular complexity index is 512. The van der Waals surface area contributed by atoms with Gasteiger partial charge >= 0.3 is 0 Å². The number of aryl methyl sites for hydroxylation is 1. The van der Waals surface area contributed by atoms with Crippen molar-refractivity contribution in [1.29, 1.82) is 0 Å². The van der Waals surface area contributed by atoms with Crippen LogP contribution in [0.5, 0.6) is 0 Å². The summed E-state index contributed by atoms with van der Waals surface area (Å²) in [5.41, 5.74) is 2.59. The Kier molecular flexibility index (Phi) is 3.12. The van der Waals surface area contributed by atoms with E-state index in [1.807, 2.05) is 0 Å². The van der Waals surface area contributed by atoms with Gasteiger partial charge in [0.15, 0.2) is 0 Å². The molecule has 1 atom stereocenters. The molecule has 17 heavy (non-hydrogen) atoms. The number of benzene rings is 1. The molecule has 1 aliphatic heterocycles. The number of rotatable bonds is 2. The maximum atomic E-state index is 4.57. The van der Waals surface area contributed by atoms with E-state index in [2.05, 4.69) is 35.4 Å². The van der Waals surface area contributed by atoms with Gasteiger partial charge in [-0.3, -0.25) is 0 Å². The van der Waals surface area contributed by atoms with E-state index in [-0.39, 0.29) is 0 Å². The fourth-order valence-corrected chi connectivity index (χ4v) is 3.41. The maximum Gasteiger partial charge on any atom is 0.0907 e. The van der Waals surface area contributed by atoms with Crippen molar-refractivity contribution in [2.24, 2.45) is 0 Å². The second-order valence-electron chi connectivity index (χ2n) is 4.89. The van der Waals surface area contributed by atoms with Crippen LogP contribution in [-0.2, 0) is 6.42 Å². The fourth-order valence-electron chi connectivity index (χ4n) is 2.60. The van der Waals surface area contributed by atoms with E-state index < -0.39 is 0 Å². The zero-order valence-electron chi connectivity index (χ0n) is 10.2. The summed E-state index contributed by atoms with van der Waals surface area (Å²) in [6.07, 6.45) is 5.16. The van der Waals surface area contributed by atoms with Crippen LogP contribution in [0.25, 0.3) is 10.2 Å². The minimum absolute atomic E-state index is 0.668. The molecule has 1 unspecified atom stereocenters. The van der Waals surface area contributed by atoms with Crippen molar-refractivity contribution in [2.75, 3.05) is 6.54 Å². The lowest BCUT2D eigenvalue weighted by atomic mass is 9.98. The Hall–Kier alpha value is -0.930. The molecule has 1 saturated heterocycles. The molecule has 1 aromatic heterocycles. The van der Waals surface area contributed by atoms with Crippen LogP contribution >= 0.6 is 11.3 Å². The number of thiazole rings is 1. The molecule has 3 heteroatoms. The second-order valence-corrected chi connectivity index (χ2v) is 6.12. The summed E-state index contributed by atoms with van der Waals surface area (Å²) in [6, 6.07) is 7.41. The molecular formula is C14H18N2S. The van der Waals surface area contributed by atoms with Crippen molar-refractivity contribution in [3.8, 4) is 0 Å². The van der Waals surface area contributed by atoms with Crippen molar-refractivity contribution in [3.63, 3.8) is 0 Å². The zero-order valence-corrected chi connectivity index (χ0v) is 11.0. The van der Waals surface area contributed by atoms with Crippen LogP contribution in [0.1, 0.15) is 29.8 Å². The molecule has 1 aliphatic rings. The van der Waals surface area contributed by atoms with Gasteiger partial charge in [-0.1, -0.05) is 12.5 Å². The highest BCUT2D eigenvalue weighted by Crippen LogP contribution is 2.23. The minimum atomic E-state index is 0.668. The lowest BCUT2D eigenvalue weighted by Gasteiger charge is -2.23. The van der Waals surface area contributed by atoms with E-state index in [4.69, 9.17) is 0 Å². The molecule has 1 fully saturated rings. The first-order valence-electron chi connectivity index (χ1n) is 6.41. The van der Waals surface area contributed by atoms with Crippen molar-refractivity contribution < 1.29 is 0 Å². The molecule has 3 rings (SSSR count). The van der Waals surface area contributed by atoms with Crippen LogP contribution in [0.15, 0.2) is 18.2 Å². The average molecular weight is 246 g/mol. The van der Waals surface area contributed by atoms with E-state index in [0.29, 0.717) is 6.04 Å². The van der Waals surface area contributed by atoms with Crippen molar-refractivity contribution in [3.05, 3.63) is 28.8 Å². The Morgan fingerprint density at radius 3 is 3.18 bits per heavy atom. The molecule has 0 aliphatic carbocycles. The third-order valence-corrected chi connectivity index (χ3v) is 4.41. The fraction of sp³-hybridized carbons (Fsp3) is 0.500. The topological polar surface area (TPSA) is 24.9 Å². The van der Waals surface area contributed by atoms with Crippen LogP contribution in [0.2, 0.25) is 0 Å². The summed E-state index contributed by atoms with van der Waals surface area (Å²) in [5, 5.41) is 4.76. The third-order valence-electron chi connectivity index (χ3n) is 3.45. The van der Waals surface area contributed by atoms with E-state index in [1.165, 1.54) is 41.6 Å². The molecule has 2 aromatic rings. The number of aromatic nitrogens is 1. The molecule has 0 spiro atoms. The molecule has 1 N–H and O–H groups in total. The van der Waals surface area contributed by atoms with Crippen molar-refractivity contribution >= 4 is 21.6 Å². The van der Waals surface area contributed by atoms with Gasteiger partial charge < -0.3 is 5.32 Å². The van der Waals surface area contributed by atoms with Gasteiger partial charge in [0.05, 0.1) is 15.2 Å². The highest BCUT2D eigenvalue weighted by atomic mass is 32.1. The smallest absolute Gasteiger partial charge is 0.0907 e. The normalized spacial score (nSPS) is 20.9. The quantitative estimate of drug-likeness (QED) is 0.879. The second kappa shape index (κ2) is 4.75. The summed E-state index contributed by atoms with van der Waals surface area (Å²) in [6.45, 7) is 3.26. The molecule has 0 saturated carbocycles. The molecule has 90 valence electrons. The predicted molar refractivity (Wildman–Crippen MR) is 73.7 cm³/mol. The molecule has 2 nitrogen and oxygen atoms in total. The van der Waals surface area contributed by atoms with Crippen LogP contribution in [0, 0.1) is 6.92 Å². The number of hydrogen-bond acceptors (Lipinski definition) is 3. The summed E-state index contributed by atoms with van der Waals surface area (Å²) < 4.78 is 1.31. The molecule has 2 heterocycles. The summed E-state index contributed by atoms with van der Waals surface area (Å²) in [4.78, 5) is 4.57. The maximum absolute atomic E-state index is 4.57. The van der Waals surface area contributed by atoms with Gasteiger partial charge in [-0.05, 0) is 50.4 Å². The van der Waals surface area contributed by atoms with E-state index in [0.717, 1.165) is 11.4 Å². The molecule has 0 bridgehead atoms. The average Bonchev–Trinajstić information content (AvgIpc) is 2.70. The first-order valence-corrected chi connectivity index (χ1v) is 7.22. The highest BCUT2D eigenvalue weighted by Gasteiger charge is 2.13. The van der Waals surface area contributed by atoms with Crippen molar-refractivity contribution in [2.45, 2.75) is 38.6 Å². The largest absolute Gasteiger partial charge is 0.314 e. The number of nitrogens with one attached hydrogen (secondary N) is 1.